The van der Waals surface area contributed by atoms with Gasteiger partial charge in [-0.2, -0.15) is 0 Å². The Labute approximate surface area is 145 Å². The van der Waals surface area contributed by atoms with Crippen molar-refractivity contribution in [2.45, 2.75) is 84.4 Å². The van der Waals surface area contributed by atoms with Crippen molar-refractivity contribution >= 4 is 5.69 Å². The zero-order valence-electron chi connectivity index (χ0n) is 15.3. The van der Waals surface area contributed by atoms with Crippen LogP contribution < -0.4 is 10.1 Å². The molecule has 0 heterocycles. The van der Waals surface area contributed by atoms with Gasteiger partial charge in [-0.1, -0.05) is 52.9 Å². The van der Waals surface area contributed by atoms with Crippen LogP contribution in [-0.4, -0.2) is 17.2 Å². The maximum absolute atomic E-state index is 10.7. The molecular formula is C19H32N2O3. The molecule has 1 N–H and O–H groups in total. The van der Waals surface area contributed by atoms with Gasteiger partial charge in [-0.25, -0.2) is 0 Å². The summed E-state index contributed by atoms with van der Waals surface area (Å²) in [7, 11) is 0. The smallest absolute Gasteiger partial charge is 0.269 e. The van der Waals surface area contributed by atoms with Crippen molar-refractivity contribution in [3.63, 3.8) is 0 Å². The van der Waals surface area contributed by atoms with E-state index in [1.165, 1.54) is 44.2 Å². The summed E-state index contributed by atoms with van der Waals surface area (Å²) in [4.78, 5) is 10.3. The molecule has 0 aromatic heterocycles. The quantitative estimate of drug-likeness (QED) is 0.225. The Morgan fingerprint density at radius 1 is 1.04 bits per heavy atom. The van der Waals surface area contributed by atoms with Gasteiger partial charge < -0.3 is 4.74 Å². The molecule has 0 saturated carbocycles. The number of non-ortho nitro benzene ring substituents is 1. The predicted molar refractivity (Wildman–Crippen MR) is 98.4 cm³/mol. The summed E-state index contributed by atoms with van der Waals surface area (Å²) in [6.45, 7) is 6.56. The van der Waals surface area contributed by atoms with E-state index in [2.05, 4.69) is 26.1 Å². The molecule has 1 rings (SSSR count). The number of hydrogen-bond donors (Lipinski definition) is 1. The fourth-order valence-electron chi connectivity index (χ4n) is 2.73. The highest BCUT2D eigenvalue weighted by Crippen LogP contribution is 2.19. The third-order valence-electron chi connectivity index (χ3n) is 4.20. The number of nitro groups is 1. The van der Waals surface area contributed by atoms with E-state index in [9.17, 15) is 10.1 Å². The number of unbranched alkanes of at least 4 members (excludes halogenated alkanes) is 3. The minimum Gasteiger partial charge on any atom is -0.475 e. The van der Waals surface area contributed by atoms with Crippen LogP contribution in [-0.2, 0) is 0 Å². The minimum absolute atomic E-state index is 0.0485. The van der Waals surface area contributed by atoms with Crippen molar-refractivity contribution < 1.29 is 9.66 Å². The molecule has 0 radical (unpaired) electrons. The second-order valence-electron chi connectivity index (χ2n) is 6.27. The van der Waals surface area contributed by atoms with E-state index in [-0.39, 0.29) is 11.9 Å². The highest BCUT2D eigenvalue weighted by atomic mass is 16.6. The van der Waals surface area contributed by atoms with Crippen LogP contribution in [0, 0.1) is 10.1 Å². The molecule has 2 atom stereocenters. The third kappa shape index (κ3) is 7.77. The van der Waals surface area contributed by atoms with Crippen LogP contribution in [0.4, 0.5) is 5.69 Å². The van der Waals surface area contributed by atoms with Gasteiger partial charge in [-0.3, -0.25) is 15.4 Å². The van der Waals surface area contributed by atoms with Gasteiger partial charge in [0, 0.05) is 18.2 Å². The van der Waals surface area contributed by atoms with E-state index in [0.717, 1.165) is 19.3 Å². The van der Waals surface area contributed by atoms with E-state index in [4.69, 9.17) is 4.74 Å². The molecule has 24 heavy (non-hydrogen) atoms. The first-order valence-corrected chi connectivity index (χ1v) is 9.27. The Hall–Kier alpha value is -1.62. The number of nitrogens with zero attached hydrogens (tertiary/aromatic N) is 1. The summed E-state index contributed by atoms with van der Waals surface area (Å²) in [5.74, 6) is 0.674. The van der Waals surface area contributed by atoms with Crippen LogP contribution in [0.25, 0.3) is 0 Å². The summed E-state index contributed by atoms with van der Waals surface area (Å²) in [6.07, 6.45) is 9.23. The number of nitrogens with one attached hydrogen (secondary N) is 1. The highest BCUT2D eigenvalue weighted by molar-refractivity contribution is 5.36. The SMILES string of the molecule is CCCCCCC(CC)NC(CCC)Oc1ccc([N+](=O)[O-])cc1. The molecule has 0 aliphatic heterocycles. The van der Waals surface area contributed by atoms with Gasteiger partial charge in [0.2, 0.25) is 0 Å². The second kappa shape index (κ2) is 11.8. The monoisotopic (exact) mass is 336 g/mol. The molecular weight excluding hydrogens is 304 g/mol. The summed E-state index contributed by atoms with van der Waals surface area (Å²) in [6, 6.07) is 6.77. The van der Waals surface area contributed by atoms with Crippen LogP contribution >= 0.6 is 0 Å². The van der Waals surface area contributed by atoms with Crippen molar-refractivity contribution in [1.29, 1.82) is 0 Å². The Morgan fingerprint density at radius 3 is 2.29 bits per heavy atom. The van der Waals surface area contributed by atoms with Gasteiger partial charge in [0.25, 0.3) is 5.69 Å². The topological polar surface area (TPSA) is 64.4 Å². The van der Waals surface area contributed by atoms with Crippen LogP contribution in [0.15, 0.2) is 24.3 Å². The summed E-state index contributed by atoms with van der Waals surface area (Å²) >= 11 is 0. The second-order valence-corrected chi connectivity index (χ2v) is 6.27. The molecule has 2 unspecified atom stereocenters. The molecule has 0 aliphatic rings. The lowest BCUT2D eigenvalue weighted by Gasteiger charge is -2.26. The van der Waals surface area contributed by atoms with E-state index in [1.807, 2.05) is 0 Å². The van der Waals surface area contributed by atoms with Crippen molar-refractivity contribution in [2.24, 2.45) is 0 Å². The van der Waals surface area contributed by atoms with Crippen molar-refractivity contribution in [3.05, 3.63) is 34.4 Å². The van der Waals surface area contributed by atoms with E-state index in [1.54, 1.807) is 12.1 Å². The largest absolute Gasteiger partial charge is 0.475 e. The molecule has 5 nitrogen and oxygen atoms in total. The molecule has 0 bridgehead atoms. The third-order valence-corrected chi connectivity index (χ3v) is 4.20. The van der Waals surface area contributed by atoms with Gasteiger partial charge in [0.15, 0.2) is 0 Å². The van der Waals surface area contributed by atoms with E-state index < -0.39 is 4.92 Å². The van der Waals surface area contributed by atoms with E-state index in [0.29, 0.717) is 11.8 Å². The molecule has 0 fully saturated rings. The van der Waals surface area contributed by atoms with Gasteiger partial charge >= 0.3 is 0 Å². The molecule has 0 spiro atoms. The Morgan fingerprint density at radius 2 is 1.75 bits per heavy atom. The Balaban J connectivity index is 2.56. The maximum atomic E-state index is 10.7. The molecule has 0 aliphatic carbocycles. The summed E-state index contributed by atoms with van der Waals surface area (Å²) in [5, 5.41) is 14.3. The van der Waals surface area contributed by atoms with Crippen LogP contribution in [0.2, 0.25) is 0 Å². The van der Waals surface area contributed by atoms with Crippen LogP contribution in [0.5, 0.6) is 5.75 Å². The summed E-state index contributed by atoms with van der Waals surface area (Å²) < 4.78 is 6.02. The van der Waals surface area contributed by atoms with Crippen molar-refractivity contribution in [3.8, 4) is 5.75 Å². The maximum Gasteiger partial charge on any atom is 0.269 e. The van der Waals surface area contributed by atoms with Crippen LogP contribution in [0.3, 0.4) is 0 Å². The molecule has 1 aromatic carbocycles. The number of rotatable bonds is 13. The minimum atomic E-state index is -0.394. The predicted octanol–water partition coefficient (Wildman–Crippen LogP) is 5.44. The fraction of sp³-hybridized carbons (Fsp3) is 0.684. The van der Waals surface area contributed by atoms with E-state index >= 15 is 0 Å². The van der Waals surface area contributed by atoms with Crippen molar-refractivity contribution in [2.75, 3.05) is 0 Å². The van der Waals surface area contributed by atoms with Gasteiger partial charge in [-0.15, -0.1) is 0 Å². The fourth-order valence-corrected chi connectivity index (χ4v) is 2.73. The molecule has 5 heteroatoms. The lowest BCUT2D eigenvalue weighted by Crippen LogP contribution is -2.41. The van der Waals surface area contributed by atoms with Gasteiger partial charge in [0.05, 0.1) is 4.92 Å². The van der Waals surface area contributed by atoms with Gasteiger partial charge in [-0.05, 0) is 31.4 Å². The lowest BCUT2D eigenvalue weighted by atomic mass is 10.0. The zero-order chi connectivity index (χ0) is 17.8. The average molecular weight is 336 g/mol. The Kier molecular flexibility index (Phi) is 10.1. The first kappa shape index (κ1) is 20.4. The normalized spacial score (nSPS) is 13.5. The number of nitro benzene ring substituents is 1. The standard InChI is InChI=1S/C19H32N2O3/c1-4-7-8-9-11-16(6-3)20-19(10-5-2)24-18-14-12-17(13-15-18)21(22)23/h12-16,19-20H,4-11H2,1-3H3. The highest BCUT2D eigenvalue weighted by Gasteiger charge is 2.15. The first-order chi connectivity index (χ1) is 11.6. The average Bonchev–Trinajstić information content (AvgIpc) is 2.58. The molecule has 0 amide bonds. The Bertz CT molecular complexity index is 462. The molecule has 136 valence electrons. The first-order valence-electron chi connectivity index (χ1n) is 9.27. The van der Waals surface area contributed by atoms with Gasteiger partial charge in [0.1, 0.15) is 12.0 Å². The molecule has 0 saturated heterocycles. The number of ether oxygens (including phenoxy) is 1. The number of benzene rings is 1. The lowest BCUT2D eigenvalue weighted by molar-refractivity contribution is -0.384. The number of hydrogen-bond acceptors (Lipinski definition) is 4. The molecule has 1 aromatic rings. The summed E-state index contributed by atoms with van der Waals surface area (Å²) in [5.41, 5.74) is 0.0877. The van der Waals surface area contributed by atoms with Crippen LogP contribution in [0.1, 0.15) is 72.1 Å². The van der Waals surface area contributed by atoms with Crippen molar-refractivity contribution in [1.82, 2.24) is 5.32 Å². The zero-order valence-corrected chi connectivity index (χ0v) is 15.3.